The van der Waals surface area contributed by atoms with Gasteiger partial charge in [0.2, 0.25) is 10.0 Å². The Morgan fingerprint density at radius 3 is 2.18 bits per heavy atom. The van der Waals surface area contributed by atoms with Crippen molar-refractivity contribution in [2.45, 2.75) is 0 Å². The lowest BCUT2D eigenvalue weighted by Gasteiger charge is -2.10. The average Bonchev–Trinajstić information content (AvgIpc) is 2.25. The van der Waals surface area contributed by atoms with Crippen LogP contribution in [0.5, 0.6) is 0 Å². The number of methoxy groups -OCH3 is 1. The Kier molecular flexibility index (Phi) is 6.44. The largest absolute Gasteiger partial charge is 0.466 e. The van der Waals surface area contributed by atoms with Gasteiger partial charge in [0.15, 0.2) is 0 Å². The van der Waals surface area contributed by atoms with Gasteiger partial charge in [0.05, 0.1) is 12.9 Å². The highest BCUT2D eigenvalue weighted by Crippen LogP contribution is 1.94. The van der Waals surface area contributed by atoms with E-state index in [0.29, 0.717) is 0 Å². The minimum Gasteiger partial charge on any atom is -0.466 e. The van der Waals surface area contributed by atoms with E-state index >= 15 is 0 Å². The summed E-state index contributed by atoms with van der Waals surface area (Å²) >= 11 is 0. The fourth-order valence-corrected chi connectivity index (χ4v) is 1.34. The predicted octanol–water partition coefficient (Wildman–Crippen LogP) is -0.850. The summed E-state index contributed by atoms with van der Waals surface area (Å²) in [6.45, 7) is -0.273. The maximum Gasteiger partial charge on any atom is 0.331 e. The first kappa shape index (κ1) is 15.6. The van der Waals surface area contributed by atoms with Gasteiger partial charge in [-0.25, -0.2) is 22.3 Å². The highest BCUT2D eigenvalue weighted by molar-refractivity contribution is 7.89. The highest BCUT2D eigenvalue weighted by Gasteiger charge is 2.13. The zero-order valence-electron chi connectivity index (χ0n) is 9.87. The van der Waals surface area contributed by atoms with Crippen molar-refractivity contribution >= 4 is 22.0 Å². The van der Waals surface area contributed by atoms with Gasteiger partial charge in [-0.15, -0.1) is 0 Å². The average molecular weight is 265 g/mol. The topological polar surface area (TPSA) is 90.0 Å². The second-order valence-electron chi connectivity index (χ2n) is 3.12. The van der Waals surface area contributed by atoms with Gasteiger partial charge >= 0.3 is 11.9 Å². The van der Waals surface area contributed by atoms with E-state index in [1.807, 2.05) is 0 Å². The highest BCUT2D eigenvalue weighted by atomic mass is 32.2. The first-order valence-corrected chi connectivity index (χ1v) is 6.23. The van der Waals surface area contributed by atoms with E-state index in [1.54, 1.807) is 0 Å². The number of nitrogens with zero attached hydrogens (tertiary/aromatic N) is 1. The number of rotatable bonds is 6. The molecule has 0 bridgehead atoms. The fraction of sp³-hybridized carbons (Fsp3) is 0.556. The molecule has 8 heteroatoms. The van der Waals surface area contributed by atoms with Crippen molar-refractivity contribution in [3.8, 4) is 0 Å². The number of esters is 2. The molecular weight excluding hydrogens is 250 g/mol. The van der Waals surface area contributed by atoms with Crippen LogP contribution in [0.1, 0.15) is 0 Å². The molecule has 0 amide bonds. The van der Waals surface area contributed by atoms with E-state index in [0.717, 1.165) is 16.5 Å². The summed E-state index contributed by atoms with van der Waals surface area (Å²) in [6, 6.07) is 0. The number of ether oxygens (including phenoxy) is 2. The normalized spacial score (nSPS) is 11.8. The van der Waals surface area contributed by atoms with Crippen LogP contribution in [0.25, 0.3) is 0 Å². The minimum atomic E-state index is -3.39. The number of hydrogen-bond donors (Lipinski definition) is 0. The molecule has 0 aromatic heterocycles. The Labute approximate surface area is 100 Å². The van der Waals surface area contributed by atoms with E-state index in [4.69, 9.17) is 0 Å². The van der Waals surface area contributed by atoms with Crippen LogP contribution in [-0.2, 0) is 29.1 Å². The van der Waals surface area contributed by atoms with Crippen LogP contribution in [0.15, 0.2) is 12.2 Å². The van der Waals surface area contributed by atoms with Crippen LogP contribution in [0.2, 0.25) is 0 Å². The van der Waals surface area contributed by atoms with Crippen molar-refractivity contribution < 1.29 is 27.5 Å². The maximum absolute atomic E-state index is 11.3. The maximum atomic E-state index is 11.3. The van der Waals surface area contributed by atoms with Gasteiger partial charge < -0.3 is 9.47 Å². The molecule has 0 aliphatic heterocycles. The lowest BCUT2D eigenvalue weighted by molar-refractivity contribution is -0.138. The van der Waals surface area contributed by atoms with Crippen molar-refractivity contribution in [2.75, 3.05) is 33.6 Å². The lowest BCUT2D eigenvalue weighted by atomic mass is 10.5. The van der Waals surface area contributed by atoms with Crippen molar-refractivity contribution in [3.05, 3.63) is 12.2 Å². The van der Waals surface area contributed by atoms with Crippen molar-refractivity contribution in [1.29, 1.82) is 0 Å². The van der Waals surface area contributed by atoms with Crippen LogP contribution < -0.4 is 0 Å². The summed E-state index contributed by atoms with van der Waals surface area (Å²) in [5, 5.41) is 0. The predicted molar refractivity (Wildman–Crippen MR) is 59.6 cm³/mol. The first-order chi connectivity index (χ1) is 7.79. The number of sulfonamides is 1. The van der Waals surface area contributed by atoms with Crippen LogP contribution in [0, 0.1) is 0 Å². The van der Waals surface area contributed by atoms with E-state index < -0.39 is 22.0 Å². The van der Waals surface area contributed by atoms with Crippen LogP contribution >= 0.6 is 0 Å². The molecule has 0 radical (unpaired) electrons. The summed E-state index contributed by atoms with van der Waals surface area (Å²) < 4.78 is 32.4. The molecule has 0 saturated heterocycles. The Bertz CT molecular complexity index is 398. The molecular formula is C9H15NO6S. The van der Waals surface area contributed by atoms with Crippen molar-refractivity contribution in [3.63, 3.8) is 0 Å². The van der Waals surface area contributed by atoms with Gasteiger partial charge in [-0.05, 0) is 0 Å². The fourth-order valence-electron chi connectivity index (χ4n) is 0.682. The minimum absolute atomic E-state index is 0.273. The summed E-state index contributed by atoms with van der Waals surface area (Å²) in [5.74, 6) is -1.80. The molecule has 0 spiro atoms. The molecule has 0 aromatic rings. The Morgan fingerprint density at radius 2 is 1.71 bits per heavy atom. The molecule has 98 valence electrons. The van der Waals surface area contributed by atoms with Gasteiger partial charge in [0.25, 0.3) is 0 Å². The molecule has 7 nitrogen and oxygen atoms in total. The Balaban J connectivity index is 4.03. The molecule has 0 aromatic carbocycles. The standard InChI is InChI=1S/C9H15NO6S/c1-10(2)17(13,14)7-6-16-9(12)5-4-8(11)15-3/h4-5H,6-7H2,1-3H3/b5-4+. The van der Waals surface area contributed by atoms with E-state index in [-0.39, 0.29) is 12.4 Å². The molecule has 0 aliphatic rings. The lowest BCUT2D eigenvalue weighted by Crippen LogP contribution is -2.27. The summed E-state index contributed by atoms with van der Waals surface area (Å²) in [7, 11) is 0.545. The van der Waals surface area contributed by atoms with Gasteiger partial charge in [-0.1, -0.05) is 0 Å². The van der Waals surface area contributed by atoms with Crippen LogP contribution in [0.3, 0.4) is 0 Å². The summed E-state index contributed by atoms with van der Waals surface area (Å²) in [6.07, 6.45) is 1.76. The zero-order valence-corrected chi connectivity index (χ0v) is 10.7. The smallest absolute Gasteiger partial charge is 0.331 e. The van der Waals surface area contributed by atoms with E-state index in [2.05, 4.69) is 9.47 Å². The second-order valence-corrected chi connectivity index (χ2v) is 5.42. The SMILES string of the molecule is COC(=O)/C=C/C(=O)OCCS(=O)(=O)N(C)C. The first-order valence-electron chi connectivity index (χ1n) is 4.62. The molecule has 17 heavy (non-hydrogen) atoms. The molecule has 0 unspecified atom stereocenters. The molecule has 0 rings (SSSR count). The van der Waals surface area contributed by atoms with Gasteiger partial charge in [0.1, 0.15) is 6.61 Å². The van der Waals surface area contributed by atoms with Crippen molar-refractivity contribution in [2.24, 2.45) is 0 Å². The molecule has 0 N–H and O–H groups in total. The monoisotopic (exact) mass is 265 g/mol. The van der Waals surface area contributed by atoms with E-state index in [1.165, 1.54) is 21.2 Å². The second kappa shape index (κ2) is 7.02. The molecule has 0 fully saturated rings. The Hall–Kier alpha value is -1.41. The van der Waals surface area contributed by atoms with Gasteiger partial charge in [0, 0.05) is 26.2 Å². The third-order valence-corrected chi connectivity index (χ3v) is 3.49. The quantitative estimate of drug-likeness (QED) is 0.459. The molecule has 0 aliphatic carbocycles. The number of carbonyl (C=O) groups excluding carboxylic acids is 2. The third kappa shape index (κ3) is 6.69. The summed E-state index contributed by atoms with van der Waals surface area (Å²) in [5.41, 5.74) is 0. The molecule has 0 heterocycles. The number of carbonyl (C=O) groups is 2. The van der Waals surface area contributed by atoms with Crippen LogP contribution in [0.4, 0.5) is 0 Å². The molecule has 0 saturated carbocycles. The third-order valence-electron chi connectivity index (χ3n) is 1.70. The van der Waals surface area contributed by atoms with E-state index in [9.17, 15) is 18.0 Å². The molecule has 0 atom stereocenters. The van der Waals surface area contributed by atoms with Crippen LogP contribution in [-0.4, -0.2) is 58.2 Å². The summed E-state index contributed by atoms with van der Waals surface area (Å²) in [4.78, 5) is 21.6. The number of hydrogen-bond acceptors (Lipinski definition) is 6. The zero-order chi connectivity index (χ0) is 13.5. The van der Waals surface area contributed by atoms with Gasteiger partial charge in [-0.2, -0.15) is 0 Å². The Morgan fingerprint density at radius 1 is 1.18 bits per heavy atom. The van der Waals surface area contributed by atoms with Gasteiger partial charge in [-0.3, -0.25) is 0 Å². The van der Waals surface area contributed by atoms with Crippen molar-refractivity contribution in [1.82, 2.24) is 4.31 Å².